The summed E-state index contributed by atoms with van der Waals surface area (Å²) in [6.07, 6.45) is -0.544. The minimum absolute atomic E-state index is 0.0269. The van der Waals surface area contributed by atoms with Gasteiger partial charge in [0.05, 0.1) is 6.04 Å². The van der Waals surface area contributed by atoms with E-state index in [9.17, 15) is 9.59 Å². The Morgan fingerprint density at radius 3 is 2.24 bits per heavy atom. The number of ether oxygens (including phenoxy) is 1. The Morgan fingerprint density at radius 2 is 1.94 bits per heavy atom. The van der Waals surface area contributed by atoms with Crippen molar-refractivity contribution in [3.63, 3.8) is 0 Å². The van der Waals surface area contributed by atoms with Crippen LogP contribution in [0, 0.1) is 0 Å². The highest BCUT2D eigenvalue weighted by molar-refractivity contribution is 8.00. The second-order valence-electron chi connectivity index (χ2n) is 5.09. The molecule has 0 bridgehead atoms. The van der Waals surface area contributed by atoms with Crippen LogP contribution < -0.4 is 0 Å². The summed E-state index contributed by atoms with van der Waals surface area (Å²) in [5, 5.41) is 9.01. The standard InChI is InChI=1S/C11H19NO4S/c1-7(9(13)14)12(8-5-17-6-8)10(15)16-11(2,3)4/h7-8H,5-6H2,1-4H3,(H,13,14). The highest BCUT2D eigenvalue weighted by Gasteiger charge is 2.38. The SMILES string of the molecule is CC(C(=O)O)N(C(=O)OC(C)(C)C)C1CSC1. The molecule has 0 saturated carbocycles. The summed E-state index contributed by atoms with van der Waals surface area (Å²) < 4.78 is 5.24. The van der Waals surface area contributed by atoms with Crippen molar-refractivity contribution in [3.05, 3.63) is 0 Å². The molecule has 1 unspecified atom stereocenters. The number of amides is 1. The molecule has 0 aromatic rings. The number of hydrogen-bond acceptors (Lipinski definition) is 4. The zero-order valence-electron chi connectivity index (χ0n) is 10.6. The monoisotopic (exact) mass is 261 g/mol. The number of carboxylic acid groups (broad SMARTS) is 1. The van der Waals surface area contributed by atoms with Crippen LogP contribution in [0.25, 0.3) is 0 Å². The molecular formula is C11H19NO4S. The molecule has 1 rings (SSSR count). The zero-order valence-corrected chi connectivity index (χ0v) is 11.4. The van der Waals surface area contributed by atoms with Gasteiger partial charge in [-0.2, -0.15) is 11.8 Å². The van der Waals surface area contributed by atoms with Gasteiger partial charge in [-0.15, -0.1) is 0 Å². The number of carboxylic acids is 1. The van der Waals surface area contributed by atoms with Gasteiger partial charge in [0.25, 0.3) is 0 Å². The Balaban J connectivity index is 2.75. The topological polar surface area (TPSA) is 66.8 Å². The molecule has 1 atom stereocenters. The Kier molecular flexibility index (Phi) is 4.30. The van der Waals surface area contributed by atoms with Crippen molar-refractivity contribution in [1.29, 1.82) is 0 Å². The fourth-order valence-electron chi connectivity index (χ4n) is 1.44. The van der Waals surface area contributed by atoms with E-state index in [-0.39, 0.29) is 6.04 Å². The summed E-state index contributed by atoms with van der Waals surface area (Å²) in [6, 6.07) is -0.878. The zero-order chi connectivity index (χ0) is 13.2. The fourth-order valence-corrected chi connectivity index (χ4v) is 2.21. The molecule has 1 saturated heterocycles. The molecule has 17 heavy (non-hydrogen) atoms. The molecular weight excluding hydrogens is 242 g/mol. The van der Waals surface area contributed by atoms with Gasteiger partial charge >= 0.3 is 12.1 Å². The average Bonchev–Trinajstić information content (AvgIpc) is 2.06. The van der Waals surface area contributed by atoms with Crippen molar-refractivity contribution in [1.82, 2.24) is 4.90 Å². The summed E-state index contributed by atoms with van der Waals surface area (Å²) in [4.78, 5) is 24.3. The molecule has 1 aliphatic rings. The van der Waals surface area contributed by atoms with Crippen LogP contribution in [0.15, 0.2) is 0 Å². The first-order chi connectivity index (χ1) is 7.72. The molecule has 0 radical (unpaired) electrons. The Hall–Kier alpha value is -0.910. The summed E-state index contributed by atoms with van der Waals surface area (Å²) >= 11 is 1.70. The maximum atomic E-state index is 12.0. The van der Waals surface area contributed by atoms with Gasteiger partial charge in [-0.3, -0.25) is 4.90 Å². The van der Waals surface area contributed by atoms with E-state index in [1.165, 1.54) is 11.8 Å². The fraction of sp³-hybridized carbons (Fsp3) is 0.818. The van der Waals surface area contributed by atoms with E-state index < -0.39 is 23.7 Å². The molecule has 1 amide bonds. The lowest BCUT2D eigenvalue weighted by atomic mass is 10.2. The highest BCUT2D eigenvalue weighted by Crippen LogP contribution is 2.26. The van der Waals surface area contributed by atoms with Crippen molar-refractivity contribution < 1.29 is 19.4 Å². The van der Waals surface area contributed by atoms with Gasteiger partial charge in [0, 0.05) is 11.5 Å². The van der Waals surface area contributed by atoms with E-state index >= 15 is 0 Å². The summed E-state index contributed by atoms with van der Waals surface area (Å²) in [5.74, 6) is 0.543. The minimum Gasteiger partial charge on any atom is -0.480 e. The smallest absolute Gasteiger partial charge is 0.411 e. The molecule has 0 aromatic carbocycles. The van der Waals surface area contributed by atoms with Crippen LogP contribution in [0.2, 0.25) is 0 Å². The molecule has 1 heterocycles. The first kappa shape index (κ1) is 14.2. The second kappa shape index (κ2) is 5.16. The van der Waals surface area contributed by atoms with E-state index in [1.54, 1.807) is 32.5 Å². The number of rotatable bonds is 3. The van der Waals surface area contributed by atoms with Crippen molar-refractivity contribution >= 4 is 23.8 Å². The molecule has 0 spiro atoms. The van der Waals surface area contributed by atoms with E-state index in [0.29, 0.717) is 0 Å². The van der Waals surface area contributed by atoms with E-state index in [2.05, 4.69) is 0 Å². The molecule has 98 valence electrons. The third-order valence-electron chi connectivity index (χ3n) is 2.39. The molecule has 1 aliphatic heterocycles. The number of aliphatic carboxylic acids is 1. The van der Waals surface area contributed by atoms with Gasteiger partial charge in [-0.1, -0.05) is 0 Å². The molecule has 0 aliphatic carbocycles. The van der Waals surface area contributed by atoms with Gasteiger partial charge in [0.1, 0.15) is 11.6 Å². The molecule has 1 fully saturated rings. The predicted octanol–water partition coefficient (Wildman–Crippen LogP) is 1.81. The maximum Gasteiger partial charge on any atom is 0.411 e. The van der Waals surface area contributed by atoms with Gasteiger partial charge in [0.2, 0.25) is 0 Å². The molecule has 5 nitrogen and oxygen atoms in total. The van der Waals surface area contributed by atoms with E-state index in [4.69, 9.17) is 9.84 Å². The third kappa shape index (κ3) is 3.80. The number of hydrogen-bond donors (Lipinski definition) is 1. The third-order valence-corrected chi connectivity index (χ3v) is 3.63. The van der Waals surface area contributed by atoms with Crippen molar-refractivity contribution in [3.8, 4) is 0 Å². The summed E-state index contributed by atoms with van der Waals surface area (Å²) in [5.41, 5.74) is -0.607. The van der Waals surface area contributed by atoms with E-state index in [1.807, 2.05) is 0 Å². The lowest BCUT2D eigenvalue weighted by molar-refractivity contribution is -0.143. The molecule has 6 heteroatoms. The lowest BCUT2D eigenvalue weighted by Gasteiger charge is -2.39. The number of carbonyl (C=O) groups excluding carboxylic acids is 1. The first-order valence-corrected chi connectivity index (χ1v) is 6.69. The van der Waals surface area contributed by atoms with E-state index in [0.717, 1.165) is 11.5 Å². The number of carbonyl (C=O) groups is 2. The highest BCUT2D eigenvalue weighted by atomic mass is 32.2. The summed E-state index contributed by atoms with van der Waals surface area (Å²) in [6.45, 7) is 6.81. The van der Waals surface area contributed by atoms with Crippen LogP contribution in [-0.4, -0.2) is 51.3 Å². The van der Waals surface area contributed by atoms with Gasteiger partial charge < -0.3 is 9.84 Å². The summed E-state index contributed by atoms with van der Waals surface area (Å²) in [7, 11) is 0. The maximum absolute atomic E-state index is 12.0. The quantitative estimate of drug-likeness (QED) is 0.839. The van der Waals surface area contributed by atoms with Crippen LogP contribution in [0.4, 0.5) is 4.79 Å². The van der Waals surface area contributed by atoms with Crippen LogP contribution in [0.3, 0.4) is 0 Å². The van der Waals surface area contributed by atoms with Crippen molar-refractivity contribution in [2.24, 2.45) is 0 Å². The lowest BCUT2D eigenvalue weighted by Crippen LogP contribution is -2.55. The molecule has 1 N–H and O–H groups in total. The van der Waals surface area contributed by atoms with Crippen LogP contribution >= 0.6 is 11.8 Å². The first-order valence-electron chi connectivity index (χ1n) is 5.54. The predicted molar refractivity (Wildman–Crippen MR) is 66.3 cm³/mol. The molecule has 0 aromatic heterocycles. The van der Waals surface area contributed by atoms with Crippen molar-refractivity contribution in [2.45, 2.75) is 45.4 Å². The Labute approximate surface area is 105 Å². The van der Waals surface area contributed by atoms with Gasteiger partial charge in [0.15, 0.2) is 0 Å². The van der Waals surface area contributed by atoms with Crippen molar-refractivity contribution in [2.75, 3.05) is 11.5 Å². The Bertz CT molecular complexity index is 309. The number of thioether (sulfide) groups is 1. The average molecular weight is 261 g/mol. The van der Waals surface area contributed by atoms with Crippen LogP contribution in [-0.2, 0) is 9.53 Å². The second-order valence-corrected chi connectivity index (χ2v) is 6.17. The van der Waals surface area contributed by atoms with Gasteiger partial charge in [-0.05, 0) is 27.7 Å². The van der Waals surface area contributed by atoms with Crippen LogP contribution in [0.1, 0.15) is 27.7 Å². The largest absolute Gasteiger partial charge is 0.480 e. The Morgan fingerprint density at radius 1 is 1.41 bits per heavy atom. The minimum atomic E-state index is -1.01. The van der Waals surface area contributed by atoms with Gasteiger partial charge in [-0.25, -0.2) is 9.59 Å². The normalized spacial score (nSPS) is 18.1. The van der Waals surface area contributed by atoms with Crippen LogP contribution in [0.5, 0.6) is 0 Å². The number of nitrogens with zero attached hydrogens (tertiary/aromatic N) is 1.